The Morgan fingerprint density at radius 1 is 0.830 bits per heavy atom. The van der Waals surface area contributed by atoms with E-state index in [4.69, 9.17) is 9.57 Å². The van der Waals surface area contributed by atoms with Crippen molar-refractivity contribution in [1.82, 2.24) is 20.9 Å². The van der Waals surface area contributed by atoms with E-state index in [2.05, 4.69) is 21.1 Å². The van der Waals surface area contributed by atoms with Crippen molar-refractivity contribution < 1.29 is 33.5 Å². The third kappa shape index (κ3) is 7.32. The van der Waals surface area contributed by atoms with Gasteiger partial charge in [0.2, 0.25) is 17.7 Å². The second-order valence-electron chi connectivity index (χ2n) is 15.4. The summed E-state index contributed by atoms with van der Waals surface area (Å²) < 4.78 is 5.68. The van der Waals surface area contributed by atoms with Gasteiger partial charge in [0.05, 0.1) is 6.54 Å². The number of imide groups is 1. The van der Waals surface area contributed by atoms with Gasteiger partial charge in [0.1, 0.15) is 35.5 Å². The minimum Gasteiger partial charge on any atom is -0.446 e. The molecule has 12 heteroatoms. The molecule has 0 bridgehead atoms. The Hall–Kier alpha value is -5.00. The minimum absolute atomic E-state index is 0.0511. The molecular formula is C41H47N5O7. The summed E-state index contributed by atoms with van der Waals surface area (Å²) in [7, 11) is 0. The molecule has 0 radical (unpaired) electrons. The lowest BCUT2D eigenvalue weighted by Gasteiger charge is -2.30. The zero-order valence-corrected chi connectivity index (χ0v) is 29.9. The second-order valence-corrected chi connectivity index (χ2v) is 15.4. The van der Waals surface area contributed by atoms with E-state index in [0.29, 0.717) is 25.0 Å². The summed E-state index contributed by atoms with van der Waals surface area (Å²) >= 11 is 0. The van der Waals surface area contributed by atoms with Gasteiger partial charge in [0.15, 0.2) is 0 Å². The fourth-order valence-corrected chi connectivity index (χ4v) is 8.38. The van der Waals surface area contributed by atoms with Crippen molar-refractivity contribution in [1.29, 1.82) is 0 Å². The molecule has 4 aliphatic carbocycles. The van der Waals surface area contributed by atoms with Crippen molar-refractivity contribution >= 4 is 35.4 Å². The SMILES string of the molecule is O=C(N[C@@H]1CCCCC/C=C/C2C[C@@]2(C(=O)NC(=O)C2CC2)NC(=O)[C@@H]2C[C@@H](ON=C3c4ccccc4-c4ccccc43)CN2C1=O)OC1CCCC1. The standard InChI is InChI=1S/C41H47N5O7/c47-36(25-20-21-25)43-39(50)41-23-26(41)12-4-2-1-3-5-19-33(42-40(51)52-27-13-6-7-14-27)38(49)46-24-28(22-34(46)37(48)44-41)53-45-35-31-17-10-8-15-29(31)30-16-9-11-18-32(30)35/h4,8-12,15-18,25-28,33-34H,1-3,5-7,13-14,19-24H2,(H,42,51)(H,44,48)(H,43,47,50)/b12-4+/t26?,28-,33-,34+,41-/m1/s1. The lowest BCUT2D eigenvalue weighted by molar-refractivity contribution is -0.141. The molecule has 12 nitrogen and oxygen atoms in total. The van der Waals surface area contributed by atoms with E-state index in [-0.39, 0.29) is 36.8 Å². The minimum atomic E-state index is -1.30. The van der Waals surface area contributed by atoms with E-state index >= 15 is 0 Å². The molecule has 2 heterocycles. The van der Waals surface area contributed by atoms with Crippen LogP contribution in [0.2, 0.25) is 0 Å². The number of oxime groups is 1. The topological polar surface area (TPSA) is 156 Å². The molecule has 0 aromatic heterocycles. The molecule has 2 aromatic rings. The quantitative estimate of drug-likeness (QED) is 0.186. The molecule has 4 fully saturated rings. The van der Waals surface area contributed by atoms with Gasteiger partial charge in [-0.3, -0.25) is 24.5 Å². The lowest BCUT2D eigenvalue weighted by Crippen LogP contribution is -2.58. The van der Waals surface area contributed by atoms with Gasteiger partial charge >= 0.3 is 6.09 Å². The number of amides is 5. The van der Waals surface area contributed by atoms with Crippen molar-refractivity contribution in [2.45, 2.75) is 113 Å². The van der Waals surface area contributed by atoms with Crippen LogP contribution in [0.5, 0.6) is 0 Å². The van der Waals surface area contributed by atoms with E-state index < -0.39 is 47.5 Å². The van der Waals surface area contributed by atoms with Gasteiger partial charge in [-0.05, 0) is 75.3 Å². The molecule has 6 aliphatic rings. The second kappa shape index (κ2) is 14.8. The van der Waals surface area contributed by atoms with Crippen molar-refractivity contribution in [3.8, 4) is 11.1 Å². The normalized spacial score (nSPS) is 28.9. The molecule has 8 rings (SSSR count). The summed E-state index contributed by atoms with van der Waals surface area (Å²) in [5.74, 6) is -2.22. The number of fused-ring (bicyclic) bond motifs is 5. The van der Waals surface area contributed by atoms with Crippen LogP contribution in [0.25, 0.3) is 11.1 Å². The van der Waals surface area contributed by atoms with Crippen molar-refractivity contribution in [3.63, 3.8) is 0 Å². The summed E-state index contributed by atoms with van der Waals surface area (Å²) in [4.78, 5) is 75.9. The smallest absolute Gasteiger partial charge is 0.408 e. The van der Waals surface area contributed by atoms with Crippen LogP contribution < -0.4 is 16.0 Å². The number of nitrogens with one attached hydrogen (secondary N) is 3. The molecule has 3 saturated carbocycles. The Labute approximate surface area is 309 Å². The number of hydrogen-bond acceptors (Lipinski definition) is 8. The molecule has 278 valence electrons. The highest BCUT2D eigenvalue weighted by Gasteiger charge is 2.61. The van der Waals surface area contributed by atoms with Crippen LogP contribution in [0, 0.1) is 11.8 Å². The molecule has 0 spiro atoms. The average molecular weight is 722 g/mol. The first kappa shape index (κ1) is 35.1. The van der Waals surface area contributed by atoms with Crippen LogP contribution >= 0.6 is 0 Å². The Bertz CT molecular complexity index is 1800. The molecule has 5 amide bonds. The van der Waals surface area contributed by atoms with Gasteiger partial charge in [0, 0.05) is 29.4 Å². The van der Waals surface area contributed by atoms with E-state index in [0.717, 1.165) is 80.0 Å². The average Bonchev–Trinajstić information content (AvgIpc) is 3.97. The third-order valence-electron chi connectivity index (χ3n) is 11.6. The van der Waals surface area contributed by atoms with Gasteiger partial charge in [-0.15, -0.1) is 0 Å². The Morgan fingerprint density at radius 2 is 1.51 bits per heavy atom. The number of carbonyl (C=O) groups excluding carboxylic acids is 5. The predicted molar refractivity (Wildman–Crippen MR) is 195 cm³/mol. The fraction of sp³-hybridized carbons (Fsp3) is 0.512. The monoisotopic (exact) mass is 721 g/mol. The summed E-state index contributed by atoms with van der Waals surface area (Å²) in [6, 6.07) is 14.0. The lowest BCUT2D eigenvalue weighted by atomic mass is 10.0. The molecule has 53 heavy (non-hydrogen) atoms. The largest absolute Gasteiger partial charge is 0.446 e. The first-order chi connectivity index (χ1) is 25.8. The Kier molecular flexibility index (Phi) is 9.78. The molecular weight excluding hydrogens is 674 g/mol. The fourth-order valence-electron chi connectivity index (χ4n) is 8.38. The number of alkyl carbamates (subject to hydrolysis) is 1. The first-order valence-corrected chi connectivity index (χ1v) is 19.4. The van der Waals surface area contributed by atoms with Gasteiger partial charge in [-0.1, -0.05) is 78.7 Å². The maximum Gasteiger partial charge on any atom is 0.408 e. The van der Waals surface area contributed by atoms with Crippen LogP contribution in [-0.2, 0) is 28.8 Å². The summed E-state index contributed by atoms with van der Waals surface area (Å²) in [6.07, 6.45) is 11.6. The summed E-state index contributed by atoms with van der Waals surface area (Å²) in [5.41, 5.74) is 3.34. The Balaban J connectivity index is 1.07. The van der Waals surface area contributed by atoms with Crippen LogP contribution in [0.1, 0.15) is 94.6 Å². The maximum atomic E-state index is 14.5. The van der Waals surface area contributed by atoms with Gasteiger partial charge in [-0.2, -0.15) is 0 Å². The van der Waals surface area contributed by atoms with Gasteiger partial charge in [0.25, 0.3) is 5.91 Å². The predicted octanol–water partition coefficient (Wildman–Crippen LogP) is 4.89. The van der Waals surface area contributed by atoms with Crippen molar-refractivity contribution in [2.24, 2.45) is 17.0 Å². The zero-order chi connectivity index (χ0) is 36.5. The van der Waals surface area contributed by atoms with Crippen LogP contribution in [0.3, 0.4) is 0 Å². The van der Waals surface area contributed by atoms with E-state index in [1.54, 1.807) is 0 Å². The zero-order valence-electron chi connectivity index (χ0n) is 29.9. The van der Waals surface area contributed by atoms with Crippen LogP contribution in [-0.4, -0.2) is 76.7 Å². The number of allylic oxidation sites excluding steroid dienone is 1. The number of rotatable bonds is 6. The van der Waals surface area contributed by atoms with Crippen LogP contribution in [0.4, 0.5) is 4.79 Å². The summed E-state index contributed by atoms with van der Waals surface area (Å²) in [5, 5.41) is 13.0. The highest BCUT2D eigenvalue weighted by Crippen LogP contribution is 2.46. The number of benzene rings is 2. The number of hydrogen-bond donors (Lipinski definition) is 3. The highest BCUT2D eigenvalue weighted by molar-refractivity contribution is 6.24. The maximum absolute atomic E-state index is 14.5. The molecule has 5 atom stereocenters. The molecule has 2 aliphatic heterocycles. The van der Waals surface area contributed by atoms with E-state index in [1.807, 2.05) is 60.7 Å². The van der Waals surface area contributed by atoms with Gasteiger partial charge in [-0.25, -0.2) is 4.79 Å². The van der Waals surface area contributed by atoms with Gasteiger partial charge < -0.3 is 25.1 Å². The molecule has 2 aromatic carbocycles. The molecule has 3 N–H and O–H groups in total. The first-order valence-electron chi connectivity index (χ1n) is 19.4. The van der Waals surface area contributed by atoms with E-state index in [9.17, 15) is 24.0 Å². The molecule has 1 unspecified atom stereocenters. The number of carbonyl (C=O) groups is 5. The van der Waals surface area contributed by atoms with Crippen molar-refractivity contribution in [2.75, 3.05) is 6.54 Å². The number of ether oxygens (including phenoxy) is 1. The number of nitrogens with zero attached hydrogens (tertiary/aromatic N) is 2. The van der Waals surface area contributed by atoms with E-state index in [1.165, 1.54) is 4.90 Å². The molecule has 1 saturated heterocycles. The Morgan fingerprint density at radius 3 is 2.21 bits per heavy atom. The van der Waals surface area contributed by atoms with Crippen molar-refractivity contribution in [3.05, 3.63) is 71.8 Å². The third-order valence-corrected chi connectivity index (χ3v) is 11.6. The highest BCUT2D eigenvalue weighted by atomic mass is 16.6. The van der Waals surface area contributed by atoms with Crippen LogP contribution in [0.15, 0.2) is 65.8 Å². The summed E-state index contributed by atoms with van der Waals surface area (Å²) in [6.45, 7) is 0.0511.